The molecule has 1 atom stereocenters. The summed E-state index contributed by atoms with van der Waals surface area (Å²) < 4.78 is 20.0. The SMILES string of the molecule is CN(C)C(=O)Nc1ccc(S(=O)O)c(CN)c1. The summed E-state index contributed by atoms with van der Waals surface area (Å²) >= 11 is -2.07. The first-order chi connectivity index (χ1) is 7.95. The van der Waals surface area contributed by atoms with E-state index in [2.05, 4.69) is 5.32 Å². The van der Waals surface area contributed by atoms with E-state index in [1.165, 1.54) is 11.0 Å². The van der Waals surface area contributed by atoms with Gasteiger partial charge in [-0.25, -0.2) is 9.00 Å². The second-order valence-electron chi connectivity index (χ2n) is 3.60. The van der Waals surface area contributed by atoms with Crippen molar-refractivity contribution in [3.8, 4) is 0 Å². The number of nitrogens with two attached hydrogens (primary N) is 1. The zero-order chi connectivity index (χ0) is 13.0. The highest BCUT2D eigenvalue weighted by Gasteiger charge is 2.09. The van der Waals surface area contributed by atoms with Crippen LogP contribution in [0.2, 0.25) is 0 Å². The molecule has 7 heteroatoms. The first kappa shape index (κ1) is 13.6. The smallest absolute Gasteiger partial charge is 0.321 e. The van der Waals surface area contributed by atoms with Crippen LogP contribution in [-0.2, 0) is 17.6 Å². The summed E-state index contributed by atoms with van der Waals surface area (Å²) in [7, 11) is 3.24. The van der Waals surface area contributed by atoms with Crippen LogP contribution in [-0.4, -0.2) is 33.8 Å². The molecular weight excluding hydrogens is 242 g/mol. The number of anilines is 1. The maximum Gasteiger partial charge on any atom is 0.321 e. The molecule has 1 aromatic rings. The summed E-state index contributed by atoms with van der Waals surface area (Å²) in [6, 6.07) is 4.35. The van der Waals surface area contributed by atoms with Crippen LogP contribution in [0.15, 0.2) is 23.1 Å². The summed E-state index contributed by atoms with van der Waals surface area (Å²) in [5.74, 6) is 0. The zero-order valence-electron chi connectivity index (χ0n) is 9.64. The summed E-state index contributed by atoms with van der Waals surface area (Å²) in [6.07, 6.45) is 0. The molecule has 0 aliphatic carbocycles. The van der Waals surface area contributed by atoms with Crippen LogP contribution in [0.25, 0.3) is 0 Å². The quantitative estimate of drug-likeness (QED) is 0.698. The first-order valence-electron chi connectivity index (χ1n) is 4.88. The van der Waals surface area contributed by atoms with Crippen LogP contribution >= 0.6 is 0 Å². The zero-order valence-corrected chi connectivity index (χ0v) is 10.5. The molecule has 0 spiro atoms. The van der Waals surface area contributed by atoms with E-state index in [-0.39, 0.29) is 17.5 Å². The van der Waals surface area contributed by atoms with Gasteiger partial charge in [0, 0.05) is 26.3 Å². The van der Waals surface area contributed by atoms with Crippen molar-refractivity contribution in [1.82, 2.24) is 4.90 Å². The Bertz CT molecular complexity index is 448. The van der Waals surface area contributed by atoms with Gasteiger partial charge in [-0.05, 0) is 23.8 Å². The topological polar surface area (TPSA) is 95.7 Å². The van der Waals surface area contributed by atoms with Gasteiger partial charge in [0.25, 0.3) is 0 Å². The second kappa shape index (κ2) is 5.76. The van der Waals surface area contributed by atoms with Gasteiger partial charge in [-0.1, -0.05) is 0 Å². The highest BCUT2D eigenvalue weighted by Crippen LogP contribution is 2.18. The Balaban J connectivity index is 2.98. The van der Waals surface area contributed by atoms with Gasteiger partial charge >= 0.3 is 6.03 Å². The molecule has 94 valence electrons. The fourth-order valence-electron chi connectivity index (χ4n) is 1.22. The van der Waals surface area contributed by atoms with E-state index in [1.54, 1.807) is 26.2 Å². The van der Waals surface area contributed by atoms with Crippen LogP contribution in [0.3, 0.4) is 0 Å². The molecule has 0 aliphatic heterocycles. The molecule has 0 saturated heterocycles. The molecule has 0 heterocycles. The van der Waals surface area contributed by atoms with Gasteiger partial charge in [0.2, 0.25) is 0 Å². The Morgan fingerprint density at radius 3 is 2.65 bits per heavy atom. The Hall–Kier alpha value is -1.44. The van der Waals surface area contributed by atoms with Crippen molar-refractivity contribution < 1.29 is 13.6 Å². The summed E-state index contributed by atoms with van der Waals surface area (Å²) in [6.45, 7) is 0.132. The van der Waals surface area contributed by atoms with Crippen LogP contribution in [0.4, 0.5) is 10.5 Å². The van der Waals surface area contributed by atoms with E-state index in [4.69, 9.17) is 10.3 Å². The minimum Gasteiger partial charge on any atom is -0.331 e. The van der Waals surface area contributed by atoms with Crippen molar-refractivity contribution in [2.75, 3.05) is 19.4 Å². The molecule has 1 aromatic carbocycles. The van der Waals surface area contributed by atoms with Crippen LogP contribution in [0.5, 0.6) is 0 Å². The maximum atomic E-state index is 11.4. The number of rotatable bonds is 3. The molecule has 0 bridgehead atoms. The molecule has 1 unspecified atom stereocenters. The normalized spacial score (nSPS) is 12.0. The number of hydrogen-bond acceptors (Lipinski definition) is 3. The monoisotopic (exact) mass is 257 g/mol. The lowest BCUT2D eigenvalue weighted by atomic mass is 10.2. The van der Waals surface area contributed by atoms with E-state index in [0.717, 1.165) is 0 Å². The first-order valence-corrected chi connectivity index (χ1v) is 5.98. The Kier molecular flexibility index (Phi) is 4.62. The highest BCUT2D eigenvalue weighted by molar-refractivity contribution is 7.79. The number of carbonyl (C=O) groups excluding carboxylic acids is 1. The van der Waals surface area contributed by atoms with E-state index >= 15 is 0 Å². The van der Waals surface area contributed by atoms with Crippen molar-refractivity contribution in [1.29, 1.82) is 0 Å². The summed E-state index contributed by atoms with van der Waals surface area (Å²) in [5, 5.41) is 2.63. The molecule has 0 saturated carbocycles. The second-order valence-corrected chi connectivity index (χ2v) is 4.54. The van der Waals surface area contributed by atoms with Crippen molar-refractivity contribution in [3.63, 3.8) is 0 Å². The summed E-state index contributed by atoms with van der Waals surface area (Å²) in [4.78, 5) is 13.1. The minimum atomic E-state index is -2.07. The molecule has 0 radical (unpaired) electrons. The predicted octanol–water partition coefficient (Wildman–Crippen LogP) is 0.819. The maximum absolute atomic E-state index is 11.4. The van der Waals surface area contributed by atoms with Crippen molar-refractivity contribution in [3.05, 3.63) is 23.8 Å². The molecule has 4 N–H and O–H groups in total. The molecule has 0 aromatic heterocycles. The van der Waals surface area contributed by atoms with Gasteiger partial charge in [-0.2, -0.15) is 0 Å². The highest BCUT2D eigenvalue weighted by atomic mass is 32.2. The lowest BCUT2D eigenvalue weighted by Crippen LogP contribution is -2.27. The molecule has 1 rings (SSSR count). The lowest BCUT2D eigenvalue weighted by molar-refractivity contribution is 0.230. The number of carbonyl (C=O) groups is 1. The third kappa shape index (κ3) is 3.52. The average Bonchev–Trinajstić information content (AvgIpc) is 2.28. The van der Waals surface area contributed by atoms with Crippen molar-refractivity contribution in [2.45, 2.75) is 11.4 Å². The molecular formula is C10H15N3O3S. The van der Waals surface area contributed by atoms with E-state index in [0.29, 0.717) is 11.3 Å². The van der Waals surface area contributed by atoms with Gasteiger partial charge in [-0.3, -0.25) is 0 Å². The van der Waals surface area contributed by atoms with E-state index in [1.807, 2.05) is 0 Å². The number of nitrogens with zero attached hydrogens (tertiary/aromatic N) is 1. The largest absolute Gasteiger partial charge is 0.331 e. The standard InChI is InChI=1S/C10H15N3O3S/c1-13(2)10(14)12-8-3-4-9(17(15)16)7(5-8)6-11/h3-5H,6,11H2,1-2H3,(H,12,14)(H,15,16). The summed E-state index contributed by atoms with van der Waals surface area (Å²) in [5.41, 5.74) is 6.55. The average molecular weight is 257 g/mol. The molecule has 0 aliphatic rings. The minimum absolute atomic E-state index is 0.132. The van der Waals surface area contributed by atoms with Gasteiger partial charge in [0.05, 0.1) is 4.90 Å². The fraction of sp³-hybridized carbons (Fsp3) is 0.300. The van der Waals surface area contributed by atoms with Crippen LogP contribution in [0, 0.1) is 0 Å². The molecule has 0 fully saturated rings. The van der Waals surface area contributed by atoms with Gasteiger partial charge in [0.1, 0.15) is 0 Å². The fourth-order valence-corrected chi connectivity index (χ4v) is 1.77. The lowest BCUT2D eigenvalue weighted by Gasteiger charge is -2.13. The predicted molar refractivity (Wildman–Crippen MR) is 66.1 cm³/mol. The molecule has 2 amide bonds. The number of urea groups is 1. The number of benzene rings is 1. The van der Waals surface area contributed by atoms with E-state index < -0.39 is 11.1 Å². The van der Waals surface area contributed by atoms with Gasteiger partial charge < -0.3 is 20.5 Å². The molecule has 17 heavy (non-hydrogen) atoms. The number of amides is 2. The van der Waals surface area contributed by atoms with Crippen molar-refractivity contribution in [2.24, 2.45) is 5.73 Å². The third-order valence-electron chi connectivity index (χ3n) is 2.13. The Morgan fingerprint density at radius 1 is 1.53 bits per heavy atom. The van der Waals surface area contributed by atoms with E-state index in [9.17, 15) is 9.00 Å². The van der Waals surface area contributed by atoms with Gasteiger partial charge in [-0.15, -0.1) is 0 Å². The van der Waals surface area contributed by atoms with Crippen LogP contribution < -0.4 is 11.1 Å². The molecule has 6 nitrogen and oxygen atoms in total. The van der Waals surface area contributed by atoms with Crippen molar-refractivity contribution >= 4 is 22.8 Å². The third-order valence-corrected chi connectivity index (χ3v) is 2.90. The Morgan fingerprint density at radius 2 is 2.18 bits per heavy atom. The Labute approximate surface area is 102 Å². The van der Waals surface area contributed by atoms with Gasteiger partial charge in [0.15, 0.2) is 11.1 Å². The number of nitrogens with one attached hydrogen (secondary N) is 1. The number of hydrogen-bond donors (Lipinski definition) is 3. The van der Waals surface area contributed by atoms with Crippen LogP contribution in [0.1, 0.15) is 5.56 Å².